The predicted octanol–water partition coefficient (Wildman–Crippen LogP) is 6.91. The van der Waals surface area contributed by atoms with Crippen LogP contribution in [-0.2, 0) is 11.3 Å². The second kappa shape index (κ2) is 8.50. The number of para-hydroxylation sites is 2. The van der Waals surface area contributed by atoms with Crippen LogP contribution >= 0.6 is 0 Å². The van der Waals surface area contributed by atoms with Crippen LogP contribution in [0, 0.1) is 6.92 Å². The Morgan fingerprint density at radius 2 is 1.42 bits per heavy atom. The molecule has 3 nitrogen and oxygen atoms in total. The molecule has 3 aromatic carbocycles. The number of fused-ring (bicyclic) bond motifs is 1. The highest BCUT2D eigenvalue weighted by Gasteiger charge is 2.34. The number of rotatable bonds is 5. The number of nitrogens with zero attached hydrogens (tertiary/aromatic N) is 2. The van der Waals surface area contributed by atoms with Crippen molar-refractivity contribution in [2.45, 2.75) is 53.0 Å². The van der Waals surface area contributed by atoms with Crippen molar-refractivity contribution in [3.8, 4) is 0 Å². The van der Waals surface area contributed by atoms with Crippen molar-refractivity contribution >= 4 is 23.0 Å². The van der Waals surface area contributed by atoms with Gasteiger partial charge in [-0.05, 0) is 41.5 Å². The lowest BCUT2D eigenvalue weighted by molar-refractivity contribution is -0.112. The third-order valence-electron chi connectivity index (χ3n) is 5.93. The summed E-state index contributed by atoms with van der Waals surface area (Å²) in [6.45, 7) is 11.3. The van der Waals surface area contributed by atoms with E-state index in [1.165, 1.54) is 16.7 Å². The van der Waals surface area contributed by atoms with E-state index in [1.807, 2.05) is 29.2 Å². The third-order valence-corrected chi connectivity index (χ3v) is 5.93. The van der Waals surface area contributed by atoms with Crippen molar-refractivity contribution in [3.63, 3.8) is 0 Å². The van der Waals surface area contributed by atoms with E-state index in [9.17, 15) is 4.79 Å². The van der Waals surface area contributed by atoms with Crippen LogP contribution in [0.15, 0.2) is 71.7 Å². The van der Waals surface area contributed by atoms with Crippen molar-refractivity contribution in [1.29, 1.82) is 0 Å². The first-order valence-corrected chi connectivity index (χ1v) is 11.0. The van der Waals surface area contributed by atoms with Gasteiger partial charge in [-0.25, -0.2) is 4.99 Å². The van der Waals surface area contributed by atoms with Crippen LogP contribution in [0.3, 0.4) is 0 Å². The van der Waals surface area contributed by atoms with E-state index in [4.69, 9.17) is 4.99 Å². The number of aliphatic imine (C=N–C) groups is 1. The Morgan fingerprint density at radius 1 is 0.806 bits per heavy atom. The molecule has 0 bridgehead atoms. The maximum Gasteiger partial charge on any atom is 0.277 e. The van der Waals surface area contributed by atoms with Crippen molar-refractivity contribution in [1.82, 2.24) is 0 Å². The van der Waals surface area contributed by atoms with Crippen LogP contribution < -0.4 is 4.90 Å². The molecule has 0 atom stereocenters. The fourth-order valence-corrected chi connectivity index (χ4v) is 4.16. The number of carbonyl (C=O) groups is 1. The summed E-state index contributed by atoms with van der Waals surface area (Å²) in [5.74, 6) is 0.622. The largest absolute Gasteiger partial charge is 0.302 e. The first kappa shape index (κ1) is 21.0. The average Bonchev–Trinajstić information content (AvgIpc) is 3.01. The van der Waals surface area contributed by atoms with Crippen molar-refractivity contribution in [2.24, 2.45) is 4.99 Å². The Bertz CT molecular complexity index is 1110. The van der Waals surface area contributed by atoms with Gasteiger partial charge in [-0.3, -0.25) is 4.79 Å². The van der Waals surface area contributed by atoms with Crippen LogP contribution in [0.1, 0.15) is 67.3 Å². The molecule has 0 spiro atoms. The predicted molar refractivity (Wildman–Crippen MR) is 130 cm³/mol. The molecule has 4 rings (SSSR count). The molecule has 158 valence electrons. The van der Waals surface area contributed by atoms with Gasteiger partial charge in [0.25, 0.3) is 5.91 Å². The summed E-state index contributed by atoms with van der Waals surface area (Å²) < 4.78 is 0. The lowest BCUT2D eigenvalue weighted by Crippen LogP contribution is -2.29. The van der Waals surface area contributed by atoms with Gasteiger partial charge in [0.2, 0.25) is 0 Å². The Hall–Kier alpha value is -3.20. The van der Waals surface area contributed by atoms with E-state index < -0.39 is 0 Å². The number of carbonyl (C=O) groups excluding carboxylic acids is 1. The van der Waals surface area contributed by atoms with E-state index in [0.29, 0.717) is 24.1 Å². The molecule has 3 aromatic rings. The molecule has 0 unspecified atom stereocenters. The second-order valence-corrected chi connectivity index (χ2v) is 8.95. The third kappa shape index (κ3) is 4.05. The Morgan fingerprint density at radius 3 is 2.03 bits per heavy atom. The topological polar surface area (TPSA) is 32.7 Å². The molecule has 0 fully saturated rings. The molecule has 0 aromatic heterocycles. The summed E-state index contributed by atoms with van der Waals surface area (Å²) in [6.07, 6.45) is 0. The smallest absolute Gasteiger partial charge is 0.277 e. The van der Waals surface area contributed by atoms with Gasteiger partial charge in [0.05, 0.1) is 17.9 Å². The summed E-state index contributed by atoms with van der Waals surface area (Å²) in [5.41, 5.74) is 8.02. The second-order valence-electron chi connectivity index (χ2n) is 8.95. The summed E-state index contributed by atoms with van der Waals surface area (Å²) in [5, 5.41) is 0. The fraction of sp³-hybridized carbons (Fsp3) is 0.286. The van der Waals surface area contributed by atoms with Gasteiger partial charge < -0.3 is 4.90 Å². The van der Waals surface area contributed by atoms with Crippen LogP contribution in [-0.4, -0.2) is 11.6 Å². The molecule has 0 radical (unpaired) electrons. The highest BCUT2D eigenvalue weighted by atomic mass is 16.2. The molecule has 1 aliphatic rings. The summed E-state index contributed by atoms with van der Waals surface area (Å²) >= 11 is 0. The van der Waals surface area contributed by atoms with E-state index in [0.717, 1.165) is 22.5 Å². The zero-order chi connectivity index (χ0) is 22.1. The highest BCUT2D eigenvalue weighted by Crippen LogP contribution is 2.38. The maximum absolute atomic E-state index is 13.6. The number of hydrogen-bond donors (Lipinski definition) is 0. The van der Waals surface area contributed by atoms with Gasteiger partial charge in [-0.1, -0.05) is 93.9 Å². The van der Waals surface area contributed by atoms with E-state index >= 15 is 0 Å². The quantitative estimate of drug-likeness (QED) is 0.450. The summed E-state index contributed by atoms with van der Waals surface area (Å²) in [7, 11) is 0. The van der Waals surface area contributed by atoms with Crippen molar-refractivity contribution in [2.75, 3.05) is 4.90 Å². The van der Waals surface area contributed by atoms with Gasteiger partial charge in [0.1, 0.15) is 5.71 Å². The highest BCUT2D eigenvalue weighted by molar-refractivity contribution is 6.54. The number of hydrogen-bond acceptors (Lipinski definition) is 2. The van der Waals surface area contributed by atoms with Gasteiger partial charge in [0.15, 0.2) is 0 Å². The minimum absolute atomic E-state index is 0.0324. The maximum atomic E-state index is 13.6. The molecule has 0 saturated heterocycles. The summed E-state index contributed by atoms with van der Waals surface area (Å²) in [4.78, 5) is 20.5. The molecule has 31 heavy (non-hydrogen) atoms. The van der Waals surface area contributed by atoms with Crippen molar-refractivity contribution < 1.29 is 4.79 Å². The standard InChI is InChI=1S/C28H30N2O/c1-18(2)22-10-8-11-23(19(3)4)26(22)29-27-24-9-6-7-12-25(24)30(28(27)31)17-21-15-13-20(5)14-16-21/h6-16,18-19H,17H2,1-5H3. The minimum Gasteiger partial charge on any atom is -0.302 e. The number of amides is 1. The molecule has 0 saturated carbocycles. The lowest BCUT2D eigenvalue weighted by atomic mass is 9.92. The molecule has 0 N–H and O–H groups in total. The minimum atomic E-state index is -0.0324. The van der Waals surface area contributed by atoms with Gasteiger partial charge >= 0.3 is 0 Å². The van der Waals surface area contributed by atoms with Crippen LogP contribution in [0.2, 0.25) is 0 Å². The normalized spacial score (nSPS) is 14.7. The average molecular weight is 411 g/mol. The SMILES string of the molecule is Cc1ccc(CN2C(=O)C(=Nc3c(C(C)C)cccc3C(C)C)c3ccccc32)cc1. The van der Waals surface area contributed by atoms with Crippen LogP contribution in [0.4, 0.5) is 11.4 Å². The molecular weight excluding hydrogens is 380 g/mol. The van der Waals surface area contributed by atoms with Gasteiger partial charge in [-0.15, -0.1) is 0 Å². The molecule has 0 aliphatic carbocycles. The van der Waals surface area contributed by atoms with E-state index in [1.54, 1.807) is 0 Å². The zero-order valence-corrected chi connectivity index (χ0v) is 19.0. The lowest BCUT2D eigenvalue weighted by Gasteiger charge is -2.18. The van der Waals surface area contributed by atoms with E-state index in [2.05, 4.69) is 77.1 Å². The Labute approximate surface area is 185 Å². The van der Waals surface area contributed by atoms with Crippen LogP contribution in [0.25, 0.3) is 0 Å². The number of aryl methyl sites for hydroxylation is 1. The van der Waals surface area contributed by atoms with Crippen LogP contribution in [0.5, 0.6) is 0 Å². The van der Waals surface area contributed by atoms with Gasteiger partial charge in [0, 0.05) is 5.56 Å². The molecule has 1 amide bonds. The van der Waals surface area contributed by atoms with E-state index in [-0.39, 0.29) is 5.91 Å². The van der Waals surface area contributed by atoms with Gasteiger partial charge in [-0.2, -0.15) is 0 Å². The molecule has 1 heterocycles. The Kier molecular flexibility index (Phi) is 5.77. The van der Waals surface area contributed by atoms with Crippen molar-refractivity contribution in [3.05, 3.63) is 94.5 Å². The molecular formula is C28H30N2O. The zero-order valence-electron chi connectivity index (χ0n) is 19.0. The molecule has 3 heteroatoms. The number of benzene rings is 3. The summed E-state index contributed by atoms with van der Waals surface area (Å²) in [6, 6.07) is 22.7. The fourth-order valence-electron chi connectivity index (χ4n) is 4.16. The Balaban J connectivity index is 1.83. The number of anilines is 1. The first-order valence-electron chi connectivity index (χ1n) is 11.0. The molecule has 1 aliphatic heterocycles. The first-order chi connectivity index (χ1) is 14.9. The monoisotopic (exact) mass is 410 g/mol.